The third-order valence-electron chi connectivity index (χ3n) is 6.96. The molecule has 3 aromatic rings. The van der Waals surface area contributed by atoms with Gasteiger partial charge in [-0.3, -0.25) is 4.79 Å². The van der Waals surface area contributed by atoms with E-state index in [2.05, 4.69) is 4.98 Å². The Morgan fingerprint density at radius 3 is 2.45 bits per heavy atom. The van der Waals surface area contributed by atoms with Gasteiger partial charge in [0.1, 0.15) is 23.2 Å². The zero-order valence-electron chi connectivity index (χ0n) is 17.3. The minimum absolute atomic E-state index is 0.0153. The van der Waals surface area contributed by atoms with Gasteiger partial charge in [-0.15, -0.1) is 0 Å². The first-order valence-corrected chi connectivity index (χ1v) is 10.7. The number of nitrogens with one attached hydrogen (secondary N) is 1. The fourth-order valence-corrected chi connectivity index (χ4v) is 4.99. The predicted octanol–water partition coefficient (Wildman–Crippen LogP) is 6.13. The number of carbonyl (C=O) groups is 1. The summed E-state index contributed by atoms with van der Waals surface area (Å²) >= 11 is 0. The van der Waals surface area contributed by atoms with Gasteiger partial charge in [-0.2, -0.15) is 0 Å². The van der Waals surface area contributed by atoms with Crippen molar-refractivity contribution in [3.05, 3.63) is 59.4 Å². The van der Waals surface area contributed by atoms with Crippen LogP contribution in [0.1, 0.15) is 43.6 Å². The molecule has 5 rings (SSSR count). The summed E-state index contributed by atoms with van der Waals surface area (Å²) in [5, 5.41) is 0.491. The number of ether oxygens (including phenoxy) is 1. The van der Waals surface area contributed by atoms with Crippen LogP contribution in [-0.4, -0.2) is 24.5 Å². The highest BCUT2D eigenvalue weighted by molar-refractivity contribution is 5.93. The molecule has 0 radical (unpaired) electrons. The molecule has 3 nitrogen and oxygen atoms in total. The Kier molecular flexibility index (Phi) is 4.93. The number of ketones is 1. The first kappa shape index (κ1) is 20.3. The van der Waals surface area contributed by atoms with Gasteiger partial charge in [0, 0.05) is 36.3 Å². The third kappa shape index (κ3) is 3.67. The summed E-state index contributed by atoms with van der Waals surface area (Å²) < 4.78 is 47.2. The lowest BCUT2D eigenvalue weighted by atomic mass is 9.67. The van der Waals surface area contributed by atoms with E-state index in [0.717, 1.165) is 24.5 Å². The Balaban J connectivity index is 1.45. The number of H-pyrrole nitrogens is 1. The van der Waals surface area contributed by atoms with Crippen molar-refractivity contribution in [2.45, 2.75) is 38.0 Å². The van der Waals surface area contributed by atoms with Crippen LogP contribution < -0.4 is 0 Å². The highest BCUT2D eigenvalue weighted by Crippen LogP contribution is 2.53. The van der Waals surface area contributed by atoms with Gasteiger partial charge in [0.05, 0.1) is 17.8 Å². The number of hydrogen-bond acceptors (Lipinski definition) is 2. The molecular weight excluding hydrogens is 403 g/mol. The summed E-state index contributed by atoms with van der Waals surface area (Å²) in [7, 11) is 1.66. The molecule has 1 heterocycles. The molecule has 2 aliphatic carbocycles. The Hall–Kier alpha value is -2.60. The van der Waals surface area contributed by atoms with E-state index in [0.29, 0.717) is 42.5 Å². The van der Waals surface area contributed by atoms with Crippen molar-refractivity contribution < 1.29 is 22.7 Å². The van der Waals surface area contributed by atoms with E-state index in [-0.39, 0.29) is 34.4 Å². The lowest BCUT2D eigenvalue weighted by molar-refractivity contribution is -0.127. The molecule has 31 heavy (non-hydrogen) atoms. The fraction of sp³-hybridized carbons (Fsp3) is 0.400. The molecule has 2 aliphatic rings. The molecule has 1 N–H and O–H groups in total. The van der Waals surface area contributed by atoms with Crippen molar-refractivity contribution in [1.29, 1.82) is 0 Å². The largest absolute Gasteiger partial charge is 0.384 e. The van der Waals surface area contributed by atoms with Gasteiger partial charge in [-0.1, -0.05) is 0 Å². The normalized spacial score (nSPS) is 21.8. The maximum Gasteiger partial charge on any atom is 0.150 e. The minimum atomic E-state index is -0.660. The number of methoxy groups -OCH3 is 1. The second-order valence-corrected chi connectivity index (χ2v) is 9.17. The highest BCUT2D eigenvalue weighted by atomic mass is 19.1. The molecular formula is C25H24F3NO2. The van der Waals surface area contributed by atoms with Crippen LogP contribution in [-0.2, 0) is 9.53 Å². The van der Waals surface area contributed by atoms with Gasteiger partial charge in [0.25, 0.3) is 0 Å². The van der Waals surface area contributed by atoms with Crippen molar-refractivity contribution in [2.75, 3.05) is 13.7 Å². The van der Waals surface area contributed by atoms with E-state index in [4.69, 9.17) is 4.74 Å². The molecule has 2 fully saturated rings. The zero-order chi connectivity index (χ0) is 21.8. The summed E-state index contributed by atoms with van der Waals surface area (Å²) in [5.74, 6) is -1.43. The quantitative estimate of drug-likeness (QED) is 0.493. The van der Waals surface area contributed by atoms with Crippen LogP contribution in [0.15, 0.2) is 36.4 Å². The topological polar surface area (TPSA) is 42.1 Å². The van der Waals surface area contributed by atoms with Crippen LogP contribution in [0.2, 0.25) is 0 Å². The Morgan fingerprint density at radius 1 is 1.10 bits per heavy atom. The average molecular weight is 427 g/mol. The van der Waals surface area contributed by atoms with Crippen molar-refractivity contribution in [3.8, 4) is 11.3 Å². The van der Waals surface area contributed by atoms with Crippen molar-refractivity contribution in [3.63, 3.8) is 0 Å². The summed E-state index contributed by atoms with van der Waals surface area (Å²) in [5.41, 5.74) is 2.43. The van der Waals surface area contributed by atoms with E-state index >= 15 is 0 Å². The van der Waals surface area contributed by atoms with Crippen LogP contribution in [0.5, 0.6) is 0 Å². The van der Waals surface area contributed by atoms with Gasteiger partial charge in [-0.25, -0.2) is 13.2 Å². The molecule has 0 spiro atoms. The van der Waals surface area contributed by atoms with Gasteiger partial charge >= 0.3 is 0 Å². The molecule has 0 unspecified atom stereocenters. The fourth-order valence-electron chi connectivity index (χ4n) is 4.99. The van der Waals surface area contributed by atoms with Crippen LogP contribution in [0.3, 0.4) is 0 Å². The number of carbonyl (C=O) groups excluding carboxylic acids is 1. The number of halogens is 3. The predicted molar refractivity (Wildman–Crippen MR) is 112 cm³/mol. The summed E-state index contributed by atoms with van der Waals surface area (Å²) in [6.07, 6.45) is 3.90. The Morgan fingerprint density at radius 2 is 1.81 bits per heavy atom. The average Bonchev–Trinajstić information content (AvgIpc) is 3.33. The van der Waals surface area contributed by atoms with Gasteiger partial charge in [-0.05, 0) is 73.1 Å². The first-order chi connectivity index (χ1) is 14.9. The summed E-state index contributed by atoms with van der Waals surface area (Å²) in [6.45, 7) is 0.616. The molecule has 1 aromatic heterocycles. The maximum atomic E-state index is 14.5. The van der Waals surface area contributed by atoms with E-state index in [1.165, 1.54) is 18.2 Å². The van der Waals surface area contributed by atoms with E-state index < -0.39 is 11.6 Å². The number of aromatic nitrogens is 1. The van der Waals surface area contributed by atoms with Crippen molar-refractivity contribution >= 4 is 16.7 Å². The molecule has 0 aliphatic heterocycles. The lowest BCUT2D eigenvalue weighted by Crippen LogP contribution is -2.31. The highest BCUT2D eigenvalue weighted by Gasteiger charge is 2.47. The van der Waals surface area contributed by atoms with Gasteiger partial charge in [0.2, 0.25) is 0 Å². The lowest BCUT2D eigenvalue weighted by Gasteiger charge is -2.36. The maximum absolute atomic E-state index is 14.5. The second kappa shape index (κ2) is 7.52. The van der Waals surface area contributed by atoms with E-state index in [1.54, 1.807) is 19.2 Å². The summed E-state index contributed by atoms with van der Waals surface area (Å²) in [4.78, 5) is 15.9. The molecule has 6 heteroatoms. The van der Waals surface area contributed by atoms with Gasteiger partial charge < -0.3 is 9.72 Å². The number of rotatable bonds is 7. The van der Waals surface area contributed by atoms with Crippen molar-refractivity contribution in [2.24, 2.45) is 11.3 Å². The molecule has 2 aromatic carbocycles. The first-order valence-electron chi connectivity index (χ1n) is 10.7. The van der Waals surface area contributed by atoms with Crippen LogP contribution >= 0.6 is 0 Å². The Labute approximate surface area is 178 Å². The molecule has 0 bridgehead atoms. The zero-order valence-corrected chi connectivity index (χ0v) is 17.3. The van der Waals surface area contributed by atoms with E-state index in [1.807, 2.05) is 0 Å². The van der Waals surface area contributed by atoms with Gasteiger partial charge in [0.15, 0.2) is 0 Å². The third-order valence-corrected chi connectivity index (χ3v) is 6.96. The molecule has 0 amide bonds. The standard InChI is InChI=1S/C25H24F3NO2/c1-31-13-25(6-7-25)12-21(30)15-8-16(9-15)22-19-10-18(27)11-20(28)24(19)29-23(22)14-2-4-17(26)5-3-14/h2-5,10-11,15-16,29H,6-9,12-13H2,1H3. The summed E-state index contributed by atoms with van der Waals surface area (Å²) in [6, 6.07) is 8.14. The van der Waals surface area contributed by atoms with E-state index in [9.17, 15) is 18.0 Å². The molecule has 0 saturated heterocycles. The smallest absolute Gasteiger partial charge is 0.150 e. The second-order valence-electron chi connectivity index (χ2n) is 9.17. The molecule has 2 saturated carbocycles. The van der Waals surface area contributed by atoms with Crippen molar-refractivity contribution in [1.82, 2.24) is 4.98 Å². The number of Topliss-reactive ketones (excluding diaryl/α,β-unsaturated/α-hetero) is 1. The molecule has 162 valence electrons. The number of aromatic amines is 1. The Bertz CT molecular complexity index is 1140. The number of fused-ring (bicyclic) bond motifs is 1. The monoisotopic (exact) mass is 427 g/mol. The SMILES string of the molecule is COCC1(CC(=O)C2CC(c3c(-c4ccc(F)cc4)[nH]c4c(F)cc(F)cc34)C2)CC1. The van der Waals surface area contributed by atoms with Crippen LogP contribution in [0.4, 0.5) is 13.2 Å². The minimum Gasteiger partial charge on any atom is -0.384 e. The number of hydrogen-bond donors (Lipinski definition) is 1. The molecule has 0 atom stereocenters. The van der Waals surface area contributed by atoms with Crippen LogP contribution in [0, 0.1) is 28.8 Å². The number of benzene rings is 2. The van der Waals surface area contributed by atoms with Crippen LogP contribution in [0.25, 0.3) is 22.2 Å².